The van der Waals surface area contributed by atoms with Crippen molar-refractivity contribution in [3.8, 4) is 0 Å². The van der Waals surface area contributed by atoms with Crippen LogP contribution in [0.4, 0.5) is 0 Å². The third-order valence-electron chi connectivity index (χ3n) is 7.02. The molecule has 1 aromatic carbocycles. The number of unbranched alkanes of at least 4 members (excludes halogenated alkanes) is 1. The van der Waals surface area contributed by atoms with Crippen molar-refractivity contribution >= 4 is 13.5 Å². The van der Waals surface area contributed by atoms with Crippen molar-refractivity contribution in [1.82, 2.24) is 0 Å². The smallest absolute Gasteiger partial charge is 0.0610 e. The van der Waals surface area contributed by atoms with Gasteiger partial charge in [-0.05, 0) is 63.8 Å². The Morgan fingerprint density at radius 2 is 1.40 bits per heavy atom. The summed E-state index contributed by atoms with van der Waals surface area (Å²) in [4.78, 5) is 0. The van der Waals surface area contributed by atoms with Crippen molar-refractivity contribution in [1.29, 1.82) is 0 Å². The van der Waals surface area contributed by atoms with Gasteiger partial charge >= 0.3 is 0 Å². The summed E-state index contributed by atoms with van der Waals surface area (Å²) in [6.45, 7) is 26.9. The molecule has 1 aromatic rings. The standard InChI is InChI=1S/C28H49OP/c1-12-14-15-28(13-2)16-17-30(29-20-28)24-22(26(6,7)8)18-21(25(3,4)5)19-23(24)27(9,10)11/h18-19H,12-17,20H2,1-11H3. The largest absolute Gasteiger partial charge is 0.354 e. The molecule has 0 radical (unpaired) electrons. The van der Waals surface area contributed by atoms with Crippen molar-refractivity contribution in [2.45, 2.75) is 125 Å². The van der Waals surface area contributed by atoms with Crippen LogP contribution in [-0.2, 0) is 20.8 Å². The number of benzene rings is 1. The highest BCUT2D eigenvalue weighted by atomic mass is 31.1. The summed E-state index contributed by atoms with van der Waals surface area (Å²) < 4.78 is 6.83. The van der Waals surface area contributed by atoms with Crippen LogP contribution in [0.1, 0.15) is 125 Å². The van der Waals surface area contributed by atoms with Gasteiger partial charge < -0.3 is 4.52 Å². The Morgan fingerprint density at radius 1 is 0.867 bits per heavy atom. The summed E-state index contributed by atoms with van der Waals surface area (Å²) in [5.41, 5.74) is 5.28. The molecule has 2 atom stereocenters. The molecule has 1 saturated heterocycles. The Hall–Kier alpha value is -0.390. The van der Waals surface area contributed by atoms with Gasteiger partial charge in [0, 0.05) is 5.30 Å². The molecule has 2 rings (SSSR count). The molecule has 0 spiro atoms. The summed E-state index contributed by atoms with van der Waals surface area (Å²) in [7, 11) is -0.564. The fourth-order valence-electron chi connectivity index (χ4n) is 4.55. The minimum atomic E-state index is -0.564. The molecular weight excluding hydrogens is 383 g/mol. The molecule has 0 saturated carbocycles. The molecule has 1 heterocycles. The first-order valence-corrected chi connectivity index (χ1v) is 13.7. The third kappa shape index (κ3) is 5.89. The number of rotatable bonds is 5. The highest BCUT2D eigenvalue weighted by Crippen LogP contribution is 2.52. The van der Waals surface area contributed by atoms with Crippen LogP contribution in [0, 0.1) is 5.41 Å². The van der Waals surface area contributed by atoms with E-state index in [4.69, 9.17) is 4.52 Å². The van der Waals surface area contributed by atoms with Crippen molar-refractivity contribution in [2.75, 3.05) is 12.8 Å². The SMILES string of the molecule is CCCCC1(CC)CCP(c2c(C(C)(C)C)cc(C(C)(C)C)cc2C(C)(C)C)OC1. The first kappa shape index (κ1) is 25.9. The topological polar surface area (TPSA) is 9.23 Å². The van der Waals surface area contributed by atoms with E-state index < -0.39 is 8.15 Å². The van der Waals surface area contributed by atoms with Crippen LogP contribution in [0.25, 0.3) is 0 Å². The van der Waals surface area contributed by atoms with E-state index in [0.717, 1.165) is 6.61 Å². The van der Waals surface area contributed by atoms with E-state index in [1.807, 2.05) is 0 Å². The number of hydrogen-bond acceptors (Lipinski definition) is 1. The van der Waals surface area contributed by atoms with Crippen molar-refractivity contribution in [3.05, 3.63) is 28.8 Å². The van der Waals surface area contributed by atoms with E-state index in [-0.39, 0.29) is 16.2 Å². The lowest BCUT2D eigenvalue weighted by molar-refractivity contribution is 0.114. The zero-order valence-electron chi connectivity index (χ0n) is 22.0. The summed E-state index contributed by atoms with van der Waals surface area (Å²) in [5, 5.41) is 1.55. The Bertz CT molecular complexity index is 669. The molecule has 1 aliphatic heterocycles. The van der Waals surface area contributed by atoms with Gasteiger partial charge in [-0.2, -0.15) is 0 Å². The average Bonchev–Trinajstić information content (AvgIpc) is 2.63. The molecule has 0 aliphatic carbocycles. The molecule has 0 amide bonds. The van der Waals surface area contributed by atoms with Gasteiger partial charge in [-0.1, -0.05) is 101 Å². The highest BCUT2D eigenvalue weighted by Gasteiger charge is 2.39. The fourth-order valence-corrected chi connectivity index (χ4v) is 7.48. The van der Waals surface area contributed by atoms with Gasteiger partial charge in [-0.25, -0.2) is 0 Å². The minimum absolute atomic E-state index is 0.115. The van der Waals surface area contributed by atoms with E-state index in [1.165, 1.54) is 55.0 Å². The molecule has 1 aliphatic rings. The Balaban J connectivity index is 2.56. The van der Waals surface area contributed by atoms with Crippen molar-refractivity contribution in [2.24, 2.45) is 5.41 Å². The highest BCUT2D eigenvalue weighted by molar-refractivity contribution is 7.61. The zero-order chi connectivity index (χ0) is 23.0. The fraction of sp³-hybridized carbons (Fsp3) is 0.786. The van der Waals surface area contributed by atoms with Gasteiger partial charge in [0.2, 0.25) is 0 Å². The van der Waals surface area contributed by atoms with E-state index in [0.29, 0.717) is 5.41 Å². The van der Waals surface area contributed by atoms with Crippen LogP contribution in [0.5, 0.6) is 0 Å². The molecule has 0 N–H and O–H groups in total. The Morgan fingerprint density at radius 3 is 1.73 bits per heavy atom. The third-order valence-corrected chi connectivity index (χ3v) is 9.07. The molecule has 2 heteroatoms. The average molecular weight is 433 g/mol. The van der Waals surface area contributed by atoms with E-state index in [2.05, 4.69) is 88.3 Å². The van der Waals surface area contributed by atoms with E-state index >= 15 is 0 Å². The maximum atomic E-state index is 6.83. The lowest BCUT2D eigenvalue weighted by atomic mass is 9.75. The van der Waals surface area contributed by atoms with Gasteiger partial charge in [0.1, 0.15) is 0 Å². The predicted molar refractivity (Wildman–Crippen MR) is 137 cm³/mol. The first-order valence-electron chi connectivity index (χ1n) is 12.2. The molecule has 2 unspecified atom stereocenters. The monoisotopic (exact) mass is 432 g/mol. The predicted octanol–water partition coefficient (Wildman–Crippen LogP) is 8.61. The van der Waals surface area contributed by atoms with E-state index in [9.17, 15) is 0 Å². The van der Waals surface area contributed by atoms with E-state index in [1.54, 1.807) is 5.30 Å². The maximum absolute atomic E-state index is 6.83. The molecule has 0 bridgehead atoms. The zero-order valence-corrected chi connectivity index (χ0v) is 22.9. The van der Waals surface area contributed by atoms with Gasteiger partial charge in [-0.15, -0.1) is 0 Å². The second kappa shape index (κ2) is 9.23. The van der Waals surface area contributed by atoms with Crippen LogP contribution in [0.2, 0.25) is 0 Å². The maximum Gasteiger partial charge on any atom is 0.0610 e. The summed E-state index contributed by atoms with van der Waals surface area (Å²) >= 11 is 0. The van der Waals surface area contributed by atoms with Crippen molar-refractivity contribution in [3.63, 3.8) is 0 Å². The molecule has 172 valence electrons. The van der Waals surface area contributed by atoms with Crippen LogP contribution in [0.3, 0.4) is 0 Å². The molecule has 1 fully saturated rings. The van der Waals surface area contributed by atoms with Crippen LogP contribution in [-0.4, -0.2) is 12.8 Å². The summed E-state index contributed by atoms with van der Waals surface area (Å²) in [6, 6.07) is 5.02. The lowest BCUT2D eigenvalue weighted by Gasteiger charge is -2.43. The Labute approximate surface area is 189 Å². The quantitative estimate of drug-likeness (QED) is 0.423. The van der Waals surface area contributed by atoms with Crippen LogP contribution >= 0.6 is 8.15 Å². The molecular formula is C28H49OP. The van der Waals surface area contributed by atoms with Crippen LogP contribution in [0.15, 0.2) is 12.1 Å². The Kier molecular flexibility index (Phi) is 7.96. The molecule has 1 nitrogen and oxygen atoms in total. The molecule has 30 heavy (non-hydrogen) atoms. The molecule has 0 aromatic heterocycles. The normalized spacial score (nSPS) is 23.6. The number of hydrogen-bond donors (Lipinski definition) is 0. The van der Waals surface area contributed by atoms with Gasteiger partial charge in [0.05, 0.1) is 14.8 Å². The minimum Gasteiger partial charge on any atom is -0.354 e. The second-order valence-corrected chi connectivity index (χ2v) is 14.7. The van der Waals surface area contributed by atoms with Gasteiger partial charge in [0.15, 0.2) is 0 Å². The van der Waals surface area contributed by atoms with Crippen LogP contribution < -0.4 is 5.30 Å². The lowest BCUT2D eigenvalue weighted by Crippen LogP contribution is -2.37. The van der Waals surface area contributed by atoms with Gasteiger partial charge in [0.25, 0.3) is 0 Å². The summed E-state index contributed by atoms with van der Waals surface area (Å²) in [5.74, 6) is 0. The van der Waals surface area contributed by atoms with Gasteiger partial charge in [-0.3, -0.25) is 0 Å². The van der Waals surface area contributed by atoms with Crippen molar-refractivity contribution < 1.29 is 4.52 Å². The second-order valence-electron chi connectivity index (χ2n) is 12.8. The first-order chi connectivity index (χ1) is 13.6. The summed E-state index contributed by atoms with van der Waals surface area (Å²) in [6.07, 6.45) is 7.72.